The molecule has 2 heterocycles. The minimum Gasteiger partial charge on any atom is -0.486 e. The largest absolute Gasteiger partial charge is 0.486 e. The van der Waals surface area contributed by atoms with E-state index in [1.54, 1.807) is 26.0 Å². The van der Waals surface area contributed by atoms with Crippen molar-refractivity contribution in [2.75, 3.05) is 6.54 Å². The molecular formula is C19H19N5O7. The van der Waals surface area contributed by atoms with Gasteiger partial charge in [0.1, 0.15) is 18.1 Å². The number of carbonyl (C=O) groups is 1. The van der Waals surface area contributed by atoms with Gasteiger partial charge in [0.2, 0.25) is 0 Å². The summed E-state index contributed by atoms with van der Waals surface area (Å²) in [7, 11) is 0. The molecule has 0 unspecified atom stereocenters. The average Bonchev–Trinajstić information content (AvgIpc) is 3.33. The van der Waals surface area contributed by atoms with E-state index in [9.17, 15) is 25.0 Å². The maximum Gasteiger partial charge on any atom is 0.390 e. The molecule has 0 aliphatic carbocycles. The van der Waals surface area contributed by atoms with E-state index in [0.717, 1.165) is 0 Å². The first-order valence-electron chi connectivity index (χ1n) is 9.18. The molecule has 0 atom stereocenters. The number of aryl methyl sites for hydroxylation is 2. The zero-order chi connectivity index (χ0) is 22.5. The van der Waals surface area contributed by atoms with Crippen LogP contribution in [0.2, 0.25) is 0 Å². The highest BCUT2D eigenvalue weighted by molar-refractivity contribution is 5.91. The van der Waals surface area contributed by atoms with Crippen LogP contribution in [0.25, 0.3) is 0 Å². The lowest BCUT2D eigenvalue weighted by molar-refractivity contribution is -0.389. The molecule has 0 bridgehead atoms. The van der Waals surface area contributed by atoms with Crippen LogP contribution >= 0.6 is 0 Å². The molecule has 0 saturated heterocycles. The van der Waals surface area contributed by atoms with Crippen LogP contribution in [-0.4, -0.2) is 32.1 Å². The van der Waals surface area contributed by atoms with Gasteiger partial charge in [-0.15, -0.1) is 0 Å². The Hall–Kier alpha value is -4.22. The Morgan fingerprint density at radius 2 is 1.94 bits per heavy atom. The Morgan fingerprint density at radius 1 is 1.16 bits per heavy atom. The van der Waals surface area contributed by atoms with Gasteiger partial charge in [0.05, 0.1) is 28.3 Å². The van der Waals surface area contributed by atoms with Crippen molar-refractivity contribution in [3.8, 4) is 5.75 Å². The molecule has 162 valence electrons. The molecule has 31 heavy (non-hydrogen) atoms. The second-order valence-corrected chi connectivity index (χ2v) is 6.64. The maximum atomic E-state index is 12.2. The van der Waals surface area contributed by atoms with Crippen molar-refractivity contribution in [1.82, 2.24) is 15.1 Å². The van der Waals surface area contributed by atoms with Gasteiger partial charge in [0.15, 0.2) is 5.76 Å². The molecule has 0 radical (unpaired) electrons. The summed E-state index contributed by atoms with van der Waals surface area (Å²) >= 11 is 0. The Bertz CT molecular complexity index is 1130. The molecule has 1 aromatic carbocycles. The van der Waals surface area contributed by atoms with Crippen LogP contribution in [0.1, 0.15) is 27.6 Å². The van der Waals surface area contributed by atoms with E-state index in [4.69, 9.17) is 9.15 Å². The number of aromatic nitrogens is 2. The molecule has 3 rings (SSSR count). The summed E-state index contributed by atoms with van der Waals surface area (Å²) in [5, 5.41) is 28.1. The van der Waals surface area contributed by atoms with Gasteiger partial charge >= 0.3 is 5.82 Å². The van der Waals surface area contributed by atoms with E-state index in [1.165, 1.54) is 28.9 Å². The summed E-state index contributed by atoms with van der Waals surface area (Å²) in [5.41, 5.74) is 1.09. The lowest BCUT2D eigenvalue weighted by atomic mass is 10.2. The van der Waals surface area contributed by atoms with E-state index >= 15 is 0 Å². The van der Waals surface area contributed by atoms with Gasteiger partial charge in [-0.2, -0.15) is 4.68 Å². The Labute approximate surface area is 175 Å². The van der Waals surface area contributed by atoms with Gasteiger partial charge in [-0.05, 0) is 43.0 Å². The van der Waals surface area contributed by atoms with Crippen LogP contribution in [-0.2, 0) is 13.2 Å². The van der Waals surface area contributed by atoms with Crippen LogP contribution in [0.3, 0.4) is 0 Å². The Kier molecular flexibility index (Phi) is 6.29. The van der Waals surface area contributed by atoms with Gasteiger partial charge in [-0.25, -0.2) is 0 Å². The van der Waals surface area contributed by atoms with Gasteiger partial charge in [-0.3, -0.25) is 14.9 Å². The first-order chi connectivity index (χ1) is 14.7. The Balaban J connectivity index is 1.51. The van der Waals surface area contributed by atoms with Crippen molar-refractivity contribution in [3.63, 3.8) is 0 Å². The number of amides is 1. The van der Waals surface area contributed by atoms with Crippen molar-refractivity contribution >= 4 is 17.4 Å². The molecular weight excluding hydrogens is 410 g/mol. The van der Waals surface area contributed by atoms with E-state index in [-0.39, 0.29) is 37.0 Å². The van der Waals surface area contributed by atoms with E-state index in [0.29, 0.717) is 22.8 Å². The summed E-state index contributed by atoms with van der Waals surface area (Å²) < 4.78 is 12.5. The monoisotopic (exact) mass is 429 g/mol. The molecule has 12 heteroatoms. The maximum absolute atomic E-state index is 12.2. The van der Waals surface area contributed by atoms with Crippen LogP contribution < -0.4 is 10.1 Å². The number of nitrogens with zero attached hydrogens (tertiary/aromatic N) is 4. The topological polar surface area (TPSA) is 156 Å². The van der Waals surface area contributed by atoms with Crippen molar-refractivity contribution in [2.24, 2.45) is 0 Å². The van der Waals surface area contributed by atoms with Crippen molar-refractivity contribution in [3.05, 3.63) is 79.4 Å². The number of ether oxygens (including phenoxy) is 1. The third kappa shape index (κ3) is 5.23. The normalized spacial score (nSPS) is 10.6. The fourth-order valence-corrected chi connectivity index (χ4v) is 2.83. The highest BCUT2D eigenvalue weighted by atomic mass is 16.6. The number of hydrogen-bond acceptors (Lipinski definition) is 8. The number of carbonyl (C=O) groups excluding carboxylic acids is 1. The minimum absolute atomic E-state index is 0.00390. The van der Waals surface area contributed by atoms with Gasteiger partial charge in [-0.1, -0.05) is 0 Å². The molecule has 1 N–H and O–H groups in total. The van der Waals surface area contributed by atoms with Gasteiger partial charge < -0.3 is 24.6 Å². The fourth-order valence-electron chi connectivity index (χ4n) is 2.83. The zero-order valence-corrected chi connectivity index (χ0v) is 16.7. The van der Waals surface area contributed by atoms with Crippen molar-refractivity contribution < 1.29 is 23.8 Å². The van der Waals surface area contributed by atoms with E-state index in [1.807, 2.05) is 0 Å². The summed E-state index contributed by atoms with van der Waals surface area (Å²) in [6, 6.07) is 8.85. The van der Waals surface area contributed by atoms with Crippen molar-refractivity contribution in [2.45, 2.75) is 27.0 Å². The van der Waals surface area contributed by atoms with Crippen LogP contribution in [0.4, 0.5) is 11.5 Å². The van der Waals surface area contributed by atoms with Crippen molar-refractivity contribution in [1.29, 1.82) is 0 Å². The first-order valence-corrected chi connectivity index (χ1v) is 9.18. The third-order valence-corrected chi connectivity index (χ3v) is 4.40. The van der Waals surface area contributed by atoms with E-state index < -0.39 is 15.8 Å². The van der Waals surface area contributed by atoms with Gasteiger partial charge in [0, 0.05) is 18.2 Å². The Morgan fingerprint density at radius 3 is 2.58 bits per heavy atom. The number of hydrogen-bond donors (Lipinski definition) is 1. The SMILES string of the molecule is Cc1cc(OCc2ccc(C(=O)NCCn3nc([N+](=O)[O-])cc3C)o2)ccc1[N+](=O)[O-]. The minimum atomic E-state index is -0.577. The standard InChI is InChI=1S/C19H19N5O7/c1-12-9-14(3-5-16(12)23(26)27)30-11-15-4-6-17(31-15)19(25)20-7-8-22-13(2)10-18(21-22)24(28)29/h3-6,9-10H,7-8,11H2,1-2H3,(H,20,25). The van der Waals surface area contributed by atoms with Crippen LogP contribution in [0.5, 0.6) is 5.75 Å². The smallest absolute Gasteiger partial charge is 0.390 e. The highest BCUT2D eigenvalue weighted by Gasteiger charge is 2.16. The number of benzene rings is 1. The second-order valence-electron chi connectivity index (χ2n) is 6.64. The molecule has 0 aliphatic heterocycles. The predicted octanol–water partition coefficient (Wildman–Crippen LogP) is 2.92. The number of nitro benzene ring substituents is 1. The highest BCUT2D eigenvalue weighted by Crippen LogP contribution is 2.24. The van der Waals surface area contributed by atoms with Crippen LogP contribution in [0, 0.1) is 34.1 Å². The molecule has 0 aliphatic rings. The van der Waals surface area contributed by atoms with E-state index in [2.05, 4.69) is 10.4 Å². The quantitative estimate of drug-likeness (QED) is 0.402. The van der Waals surface area contributed by atoms with Crippen LogP contribution in [0.15, 0.2) is 40.8 Å². The third-order valence-electron chi connectivity index (χ3n) is 4.40. The average molecular weight is 429 g/mol. The molecule has 3 aromatic rings. The number of nitro groups is 2. The van der Waals surface area contributed by atoms with Gasteiger partial charge in [0.25, 0.3) is 11.6 Å². The fraction of sp³-hybridized carbons (Fsp3) is 0.263. The number of furan rings is 1. The summed E-state index contributed by atoms with van der Waals surface area (Å²) in [6.45, 7) is 3.81. The lowest BCUT2D eigenvalue weighted by Gasteiger charge is -2.06. The zero-order valence-electron chi connectivity index (χ0n) is 16.7. The molecule has 0 saturated carbocycles. The molecule has 2 aromatic heterocycles. The summed E-state index contributed by atoms with van der Waals surface area (Å²) in [6.07, 6.45) is 0. The molecule has 0 spiro atoms. The molecule has 0 fully saturated rings. The number of rotatable bonds is 9. The second kappa shape index (κ2) is 9.07. The molecule has 1 amide bonds. The predicted molar refractivity (Wildman–Crippen MR) is 107 cm³/mol. The molecule has 12 nitrogen and oxygen atoms in total. The summed E-state index contributed by atoms with van der Waals surface area (Å²) in [4.78, 5) is 32.8. The lowest BCUT2D eigenvalue weighted by Crippen LogP contribution is -2.27. The summed E-state index contributed by atoms with van der Waals surface area (Å²) in [5.74, 6) is 0.231. The first kappa shape index (κ1) is 21.5. The number of nitrogens with one attached hydrogen (secondary N) is 1.